The normalized spacial score (nSPS) is 10.2. The molecule has 0 amide bonds. The summed E-state index contributed by atoms with van der Waals surface area (Å²) in [6.45, 7) is 0. The van der Waals surface area contributed by atoms with E-state index >= 15 is 0 Å². The largest absolute Gasteiger partial charge is 0.494 e. The monoisotopic (exact) mass is 264 g/mol. The van der Waals surface area contributed by atoms with Crippen LogP contribution in [0.4, 0.5) is 4.39 Å². The van der Waals surface area contributed by atoms with Gasteiger partial charge in [-0.1, -0.05) is 35.9 Å². The van der Waals surface area contributed by atoms with Gasteiger partial charge in [0.1, 0.15) is 0 Å². The van der Waals surface area contributed by atoms with Crippen molar-refractivity contribution in [1.29, 1.82) is 0 Å². The van der Waals surface area contributed by atoms with Crippen LogP contribution in [-0.2, 0) is 0 Å². The molecular weight excluding hydrogens is 255 g/mol. The second kappa shape index (κ2) is 5.19. The van der Waals surface area contributed by atoms with Crippen LogP contribution in [0.2, 0.25) is 5.02 Å². The summed E-state index contributed by atoms with van der Waals surface area (Å²) in [4.78, 5) is 11.0. The molecule has 2 aromatic carbocycles. The van der Waals surface area contributed by atoms with Gasteiger partial charge in [0.25, 0.3) is 0 Å². The molecule has 92 valence electrons. The number of benzene rings is 2. The van der Waals surface area contributed by atoms with Crippen LogP contribution in [0.1, 0.15) is 10.4 Å². The summed E-state index contributed by atoms with van der Waals surface area (Å²) in [7, 11) is 1.37. The van der Waals surface area contributed by atoms with E-state index in [0.717, 1.165) is 0 Å². The van der Waals surface area contributed by atoms with E-state index in [4.69, 9.17) is 16.3 Å². The van der Waals surface area contributed by atoms with Crippen molar-refractivity contribution < 1.29 is 13.9 Å². The third kappa shape index (κ3) is 2.22. The lowest BCUT2D eigenvalue weighted by Crippen LogP contribution is -1.94. The first-order valence-corrected chi connectivity index (χ1v) is 5.62. The van der Waals surface area contributed by atoms with Gasteiger partial charge in [-0.3, -0.25) is 4.79 Å². The summed E-state index contributed by atoms with van der Waals surface area (Å²) in [5, 5.41) is 0.351. The van der Waals surface area contributed by atoms with Crippen LogP contribution in [-0.4, -0.2) is 13.4 Å². The summed E-state index contributed by atoms with van der Waals surface area (Å²) < 4.78 is 19.1. The Bertz CT molecular complexity index is 596. The topological polar surface area (TPSA) is 26.3 Å². The molecule has 0 saturated carbocycles. The molecule has 2 aromatic rings. The van der Waals surface area contributed by atoms with Gasteiger partial charge >= 0.3 is 0 Å². The van der Waals surface area contributed by atoms with Gasteiger partial charge in [0.15, 0.2) is 17.9 Å². The van der Waals surface area contributed by atoms with Crippen LogP contribution in [0, 0.1) is 5.82 Å². The third-order valence-electron chi connectivity index (χ3n) is 2.60. The average molecular weight is 265 g/mol. The number of methoxy groups -OCH3 is 1. The molecule has 0 aromatic heterocycles. The maximum atomic E-state index is 14.2. The molecule has 0 unspecified atom stereocenters. The Balaban J connectivity index is 2.70. The maximum Gasteiger partial charge on any atom is 0.172 e. The van der Waals surface area contributed by atoms with Crippen molar-refractivity contribution >= 4 is 17.9 Å². The highest BCUT2D eigenvalue weighted by Gasteiger charge is 2.14. The molecule has 0 radical (unpaired) electrons. The summed E-state index contributed by atoms with van der Waals surface area (Å²) >= 11 is 5.91. The van der Waals surface area contributed by atoms with Crippen molar-refractivity contribution in [2.24, 2.45) is 0 Å². The number of carbonyl (C=O) groups excluding carboxylic acids is 1. The standard InChI is InChI=1S/C14H10ClFO2/c1-18-13-7-10(15)6-12(14(13)16)11-5-3-2-4-9(11)8-17/h2-8H,1H3. The summed E-state index contributed by atoms with van der Waals surface area (Å²) in [6, 6.07) is 9.60. The summed E-state index contributed by atoms with van der Waals surface area (Å²) in [5.74, 6) is -0.477. The Morgan fingerprint density at radius 1 is 1.22 bits per heavy atom. The van der Waals surface area contributed by atoms with E-state index in [0.29, 0.717) is 22.4 Å². The first kappa shape index (κ1) is 12.6. The van der Waals surface area contributed by atoms with Crippen LogP contribution in [0.3, 0.4) is 0 Å². The SMILES string of the molecule is COc1cc(Cl)cc(-c2ccccc2C=O)c1F. The highest BCUT2D eigenvalue weighted by atomic mass is 35.5. The smallest absolute Gasteiger partial charge is 0.172 e. The minimum Gasteiger partial charge on any atom is -0.494 e. The molecular formula is C14H10ClFO2. The number of halogens is 2. The predicted octanol–water partition coefficient (Wildman–Crippen LogP) is 3.97. The van der Waals surface area contributed by atoms with Crippen LogP contribution >= 0.6 is 11.6 Å². The van der Waals surface area contributed by atoms with Gasteiger partial charge in [0.05, 0.1) is 7.11 Å². The lowest BCUT2D eigenvalue weighted by Gasteiger charge is -2.10. The van der Waals surface area contributed by atoms with Gasteiger partial charge in [-0.05, 0) is 11.6 Å². The molecule has 0 aliphatic carbocycles. The fourth-order valence-electron chi connectivity index (χ4n) is 1.75. The second-order valence-electron chi connectivity index (χ2n) is 3.67. The fraction of sp³-hybridized carbons (Fsp3) is 0.0714. The van der Waals surface area contributed by atoms with E-state index in [-0.39, 0.29) is 11.3 Å². The Hall–Kier alpha value is -1.87. The summed E-state index contributed by atoms with van der Waals surface area (Å²) in [6.07, 6.45) is 0.683. The Kier molecular flexibility index (Phi) is 3.63. The van der Waals surface area contributed by atoms with Gasteiger partial charge < -0.3 is 4.74 Å². The van der Waals surface area contributed by atoms with Crippen LogP contribution in [0.15, 0.2) is 36.4 Å². The second-order valence-corrected chi connectivity index (χ2v) is 4.11. The number of ether oxygens (including phenoxy) is 1. The molecule has 0 fully saturated rings. The number of hydrogen-bond donors (Lipinski definition) is 0. The molecule has 0 aliphatic heterocycles. The van der Waals surface area contributed by atoms with Gasteiger partial charge in [-0.2, -0.15) is 0 Å². The molecule has 0 atom stereocenters. The molecule has 0 bridgehead atoms. The van der Waals surface area contributed by atoms with E-state index in [1.807, 2.05) is 0 Å². The van der Waals surface area contributed by atoms with Gasteiger partial charge in [-0.15, -0.1) is 0 Å². The molecule has 2 rings (SSSR count). The minimum atomic E-state index is -0.531. The van der Waals surface area contributed by atoms with Gasteiger partial charge in [-0.25, -0.2) is 4.39 Å². The van der Waals surface area contributed by atoms with E-state index in [1.54, 1.807) is 24.3 Å². The fourth-order valence-corrected chi connectivity index (χ4v) is 1.96. The lowest BCUT2D eigenvalue weighted by molar-refractivity contribution is 0.112. The van der Waals surface area contributed by atoms with Crippen molar-refractivity contribution in [3.8, 4) is 16.9 Å². The Labute approximate surface area is 109 Å². The van der Waals surface area contributed by atoms with Crippen LogP contribution in [0.25, 0.3) is 11.1 Å². The Morgan fingerprint density at radius 2 is 1.94 bits per heavy atom. The quantitative estimate of drug-likeness (QED) is 0.784. The zero-order valence-electron chi connectivity index (χ0n) is 9.61. The number of hydrogen-bond acceptors (Lipinski definition) is 2. The van der Waals surface area contributed by atoms with Crippen molar-refractivity contribution in [3.05, 3.63) is 52.8 Å². The third-order valence-corrected chi connectivity index (χ3v) is 2.82. The highest BCUT2D eigenvalue weighted by molar-refractivity contribution is 6.31. The molecule has 0 N–H and O–H groups in total. The van der Waals surface area contributed by atoms with Crippen LogP contribution < -0.4 is 4.74 Å². The first-order chi connectivity index (χ1) is 8.67. The zero-order chi connectivity index (χ0) is 13.1. The van der Waals surface area contributed by atoms with Crippen molar-refractivity contribution in [2.45, 2.75) is 0 Å². The first-order valence-electron chi connectivity index (χ1n) is 5.25. The molecule has 4 heteroatoms. The van der Waals surface area contributed by atoms with E-state index in [1.165, 1.54) is 19.2 Å². The number of rotatable bonds is 3. The molecule has 18 heavy (non-hydrogen) atoms. The average Bonchev–Trinajstić information content (AvgIpc) is 2.41. The molecule has 0 heterocycles. The van der Waals surface area contributed by atoms with E-state index < -0.39 is 5.82 Å². The minimum absolute atomic E-state index is 0.0539. The summed E-state index contributed by atoms with van der Waals surface area (Å²) in [5.41, 5.74) is 1.15. The molecule has 0 spiro atoms. The number of aldehydes is 1. The highest BCUT2D eigenvalue weighted by Crippen LogP contribution is 2.33. The molecule has 0 aliphatic rings. The Morgan fingerprint density at radius 3 is 2.61 bits per heavy atom. The number of carbonyl (C=O) groups is 1. The van der Waals surface area contributed by atoms with E-state index in [2.05, 4.69) is 0 Å². The zero-order valence-corrected chi connectivity index (χ0v) is 10.4. The van der Waals surface area contributed by atoms with Gasteiger partial charge in [0, 0.05) is 22.2 Å². The predicted molar refractivity (Wildman–Crippen MR) is 68.8 cm³/mol. The maximum absolute atomic E-state index is 14.2. The molecule has 0 saturated heterocycles. The van der Waals surface area contributed by atoms with Crippen molar-refractivity contribution in [3.63, 3.8) is 0 Å². The van der Waals surface area contributed by atoms with Gasteiger partial charge in [0.2, 0.25) is 0 Å². The van der Waals surface area contributed by atoms with Crippen LogP contribution in [0.5, 0.6) is 5.75 Å². The van der Waals surface area contributed by atoms with Crippen molar-refractivity contribution in [1.82, 2.24) is 0 Å². The van der Waals surface area contributed by atoms with Crippen molar-refractivity contribution in [2.75, 3.05) is 7.11 Å². The lowest BCUT2D eigenvalue weighted by atomic mass is 9.99. The molecule has 2 nitrogen and oxygen atoms in total. The van der Waals surface area contributed by atoms with E-state index in [9.17, 15) is 9.18 Å².